The topological polar surface area (TPSA) is 132 Å². The van der Waals surface area contributed by atoms with Gasteiger partial charge >= 0.3 is 6.09 Å². The van der Waals surface area contributed by atoms with Gasteiger partial charge in [-0.1, -0.05) is 60.7 Å². The van der Waals surface area contributed by atoms with Crippen LogP contribution in [0.2, 0.25) is 0 Å². The van der Waals surface area contributed by atoms with E-state index in [1.807, 2.05) is 24.3 Å². The highest BCUT2D eigenvalue weighted by Crippen LogP contribution is 2.34. The minimum atomic E-state index is -0.933. The summed E-state index contributed by atoms with van der Waals surface area (Å²) in [5.41, 5.74) is 7.96. The molecule has 0 fully saturated rings. The lowest BCUT2D eigenvalue weighted by molar-refractivity contribution is -0.111. The molecule has 2 atom stereocenters. The molecule has 0 aliphatic carbocycles. The Bertz CT molecular complexity index is 1490. The lowest BCUT2D eigenvalue weighted by atomic mass is 9.99. The molecule has 4 rings (SSSR count). The summed E-state index contributed by atoms with van der Waals surface area (Å²) in [6.45, 7) is 0. The summed E-state index contributed by atoms with van der Waals surface area (Å²) in [5, 5.41) is 16.0. The fourth-order valence-corrected chi connectivity index (χ4v) is 4.21. The molecule has 9 nitrogen and oxygen atoms in total. The highest BCUT2D eigenvalue weighted by atomic mass is 16.6. The number of aromatic hydroxyl groups is 1. The standard InChI is InChI=1S/C33H33N3O6/c1-40-29-21-20-23(22-28(29)37)32(42-33(39)35-24-12-4-2-5-13-24)30(41-25-14-6-3-7-15-25)18-10-11-19-31(38)36-27-17-9-8-16-26(27)34/h2-9,11-17,19-22,30,32,37H,10,18,34H2,1H3,(H,35,39)(H,36,38)/b19-11+/t30-,32-/m1/s1. The Morgan fingerprint density at radius 2 is 1.60 bits per heavy atom. The molecular weight excluding hydrogens is 534 g/mol. The first kappa shape index (κ1) is 29.5. The minimum absolute atomic E-state index is 0.109. The van der Waals surface area contributed by atoms with E-state index < -0.39 is 18.3 Å². The maximum atomic E-state index is 13.0. The van der Waals surface area contributed by atoms with E-state index >= 15 is 0 Å². The van der Waals surface area contributed by atoms with Crippen molar-refractivity contribution in [2.45, 2.75) is 25.0 Å². The highest BCUT2D eigenvalue weighted by molar-refractivity contribution is 6.01. The number of nitrogens with one attached hydrogen (secondary N) is 2. The molecule has 0 saturated heterocycles. The summed E-state index contributed by atoms with van der Waals surface area (Å²) in [6, 6.07) is 29.8. The van der Waals surface area contributed by atoms with E-state index in [0.29, 0.717) is 41.2 Å². The van der Waals surface area contributed by atoms with Crippen LogP contribution in [0.1, 0.15) is 24.5 Å². The number of nitrogen functional groups attached to an aromatic ring is 1. The third-order valence-electron chi connectivity index (χ3n) is 6.26. The van der Waals surface area contributed by atoms with Gasteiger partial charge in [-0.15, -0.1) is 0 Å². The number of hydrogen-bond acceptors (Lipinski definition) is 7. The quantitative estimate of drug-likeness (QED) is 0.111. The van der Waals surface area contributed by atoms with Crippen molar-refractivity contribution >= 4 is 29.1 Å². The Morgan fingerprint density at radius 1 is 0.905 bits per heavy atom. The van der Waals surface area contributed by atoms with Gasteiger partial charge in [0.1, 0.15) is 11.9 Å². The average Bonchev–Trinajstić information content (AvgIpc) is 3.00. The van der Waals surface area contributed by atoms with E-state index in [4.69, 9.17) is 19.9 Å². The van der Waals surface area contributed by atoms with Crippen molar-refractivity contribution in [2.75, 3.05) is 23.5 Å². The first-order valence-corrected chi connectivity index (χ1v) is 13.4. The number of amides is 2. The van der Waals surface area contributed by atoms with Gasteiger partial charge in [0.05, 0.1) is 18.5 Å². The number of carbonyl (C=O) groups excluding carboxylic acids is 2. The Balaban J connectivity index is 1.56. The van der Waals surface area contributed by atoms with Gasteiger partial charge in [-0.25, -0.2) is 4.79 Å². The first-order valence-electron chi connectivity index (χ1n) is 13.4. The van der Waals surface area contributed by atoms with E-state index in [2.05, 4.69) is 10.6 Å². The lowest BCUT2D eigenvalue weighted by Gasteiger charge is -2.28. The van der Waals surface area contributed by atoms with Crippen LogP contribution in [-0.4, -0.2) is 30.3 Å². The predicted molar refractivity (Wildman–Crippen MR) is 163 cm³/mol. The monoisotopic (exact) mass is 567 g/mol. The van der Waals surface area contributed by atoms with Crippen LogP contribution in [0.3, 0.4) is 0 Å². The zero-order valence-corrected chi connectivity index (χ0v) is 23.1. The largest absolute Gasteiger partial charge is 0.504 e. The van der Waals surface area contributed by atoms with Gasteiger partial charge in [0, 0.05) is 11.3 Å². The third kappa shape index (κ3) is 8.53. The fraction of sp³-hybridized carbons (Fsp3) is 0.152. The van der Waals surface area contributed by atoms with E-state index in [0.717, 1.165) is 0 Å². The molecule has 0 aliphatic heterocycles. The third-order valence-corrected chi connectivity index (χ3v) is 6.26. The molecule has 0 spiro atoms. The van der Waals surface area contributed by atoms with Gasteiger partial charge in [0.25, 0.3) is 0 Å². The Morgan fingerprint density at radius 3 is 2.29 bits per heavy atom. The van der Waals surface area contributed by atoms with Crippen molar-refractivity contribution in [3.8, 4) is 17.2 Å². The summed E-state index contributed by atoms with van der Waals surface area (Å²) in [7, 11) is 1.45. The van der Waals surface area contributed by atoms with Crippen molar-refractivity contribution in [2.24, 2.45) is 0 Å². The molecular formula is C33H33N3O6. The second-order valence-electron chi connectivity index (χ2n) is 9.27. The number of anilines is 3. The highest BCUT2D eigenvalue weighted by Gasteiger charge is 2.30. The van der Waals surface area contributed by atoms with E-state index in [9.17, 15) is 14.7 Å². The van der Waals surface area contributed by atoms with Crippen LogP contribution in [0.15, 0.2) is 115 Å². The van der Waals surface area contributed by atoms with Crippen LogP contribution in [0.4, 0.5) is 21.9 Å². The van der Waals surface area contributed by atoms with Crippen molar-refractivity contribution < 1.29 is 28.9 Å². The number of benzene rings is 4. The number of para-hydroxylation sites is 4. The van der Waals surface area contributed by atoms with Gasteiger partial charge < -0.3 is 30.4 Å². The summed E-state index contributed by atoms with van der Waals surface area (Å²) in [6.07, 6.45) is 1.58. The predicted octanol–water partition coefficient (Wildman–Crippen LogP) is 6.70. The Kier molecular flexibility index (Phi) is 10.4. The van der Waals surface area contributed by atoms with Crippen molar-refractivity contribution in [3.05, 3.63) is 121 Å². The summed E-state index contributed by atoms with van der Waals surface area (Å²) in [4.78, 5) is 25.5. The molecule has 4 aromatic carbocycles. The maximum Gasteiger partial charge on any atom is 0.412 e. The molecule has 0 aromatic heterocycles. The Hall–Kier alpha value is -5.44. The summed E-state index contributed by atoms with van der Waals surface area (Å²) >= 11 is 0. The summed E-state index contributed by atoms with van der Waals surface area (Å²) in [5.74, 6) is 0.407. The molecule has 0 saturated carbocycles. The van der Waals surface area contributed by atoms with E-state index in [1.54, 1.807) is 78.9 Å². The molecule has 0 aliphatic rings. The van der Waals surface area contributed by atoms with Gasteiger partial charge in [-0.05, 0) is 67.4 Å². The smallest absolute Gasteiger partial charge is 0.412 e. The number of ether oxygens (including phenoxy) is 3. The van der Waals surface area contributed by atoms with Gasteiger partial charge in [-0.2, -0.15) is 0 Å². The van der Waals surface area contributed by atoms with Crippen molar-refractivity contribution in [3.63, 3.8) is 0 Å². The summed E-state index contributed by atoms with van der Waals surface area (Å²) < 4.78 is 17.4. The second kappa shape index (κ2) is 14.8. The molecule has 216 valence electrons. The average molecular weight is 568 g/mol. The van der Waals surface area contributed by atoms with Crippen LogP contribution < -0.4 is 25.8 Å². The number of allylic oxidation sites excluding steroid dienone is 1. The number of rotatable bonds is 12. The van der Waals surface area contributed by atoms with Gasteiger partial charge in [0.15, 0.2) is 17.6 Å². The lowest BCUT2D eigenvalue weighted by Crippen LogP contribution is -2.31. The number of phenolic OH excluding ortho intramolecular Hbond substituents is 1. The molecule has 4 aromatic rings. The maximum absolute atomic E-state index is 13.0. The number of carbonyl (C=O) groups is 2. The first-order chi connectivity index (χ1) is 20.4. The normalized spacial score (nSPS) is 12.2. The van der Waals surface area contributed by atoms with Crippen molar-refractivity contribution in [1.82, 2.24) is 0 Å². The second-order valence-corrected chi connectivity index (χ2v) is 9.27. The SMILES string of the molecule is COc1ccc([C@@H](OC(=O)Nc2ccccc2)[C@@H](CC/C=C/C(=O)Nc2ccccc2N)Oc2ccccc2)cc1O. The Labute approximate surface area is 244 Å². The number of phenols is 1. The van der Waals surface area contributed by atoms with Gasteiger partial charge in [0.2, 0.25) is 5.91 Å². The zero-order chi connectivity index (χ0) is 29.7. The number of nitrogens with two attached hydrogens (primary N) is 1. The van der Waals surface area contributed by atoms with Crippen molar-refractivity contribution in [1.29, 1.82) is 0 Å². The molecule has 42 heavy (non-hydrogen) atoms. The molecule has 9 heteroatoms. The number of methoxy groups -OCH3 is 1. The molecule has 0 unspecified atom stereocenters. The number of hydrogen-bond donors (Lipinski definition) is 4. The van der Waals surface area contributed by atoms with Crippen LogP contribution in [-0.2, 0) is 9.53 Å². The van der Waals surface area contributed by atoms with Crippen LogP contribution in [0.25, 0.3) is 0 Å². The zero-order valence-electron chi connectivity index (χ0n) is 23.1. The molecule has 0 radical (unpaired) electrons. The van der Waals surface area contributed by atoms with Crippen LogP contribution >= 0.6 is 0 Å². The van der Waals surface area contributed by atoms with Gasteiger partial charge in [-0.3, -0.25) is 10.1 Å². The van der Waals surface area contributed by atoms with Crippen LogP contribution in [0, 0.1) is 0 Å². The molecule has 2 amide bonds. The molecule has 0 bridgehead atoms. The van der Waals surface area contributed by atoms with E-state index in [1.165, 1.54) is 19.3 Å². The molecule has 5 N–H and O–H groups in total. The minimum Gasteiger partial charge on any atom is -0.504 e. The van der Waals surface area contributed by atoms with Crippen LogP contribution in [0.5, 0.6) is 17.2 Å². The fourth-order valence-electron chi connectivity index (χ4n) is 4.21. The van der Waals surface area contributed by atoms with E-state index in [-0.39, 0.29) is 17.4 Å². The molecule has 0 heterocycles.